The van der Waals surface area contributed by atoms with Crippen molar-refractivity contribution in [3.05, 3.63) is 17.0 Å². The van der Waals surface area contributed by atoms with E-state index in [2.05, 4.69) is 5.32 Å². The van der Waals surface area contributed by atoms with E-state index in [0.717, 1.165) is 22.8 Å². The number of thiophene rings is 1. The average Bonchev–Trinajstić information content (AvgIpc) is 2.99. The van der Waals surface area contributed by atoms with Crippen LogP contribution in [0.3, 0.4) is 0 Å². The van der Waals surface area contributed by atoms with Gasteiger partial charge in [0, 0.05) is 30.3 Å². The normalized spacial score (nSPS) is 20.7. The second-order valence-electron chi connectivity index (χ2n) is 4.29. The zero-order chi connectivity index (χ0) is 13.2. The monoisotopic (exact) mass is 306 g/mol. The van der Waals surface area contributed by atoms with Crippen LogP contribution in [0, 0.1) is 0 Å². The molecule has 0 aromatic carbocycles. The van der Waals surface area contributed by atoms with Gasteiger partial charge in [-0.3, -0.25) is 0 Å². The number of hydrogen-bond donors (Lipinski definition) is 1. The summed E-state index contributed by atoms with van der Waals surface area (Å²) in [7, 11) is 0.246. The smallest absolute Gasteiger partial charge is 0.252 e. The molecule has 4 nitrogen and oxygen atoms in total. The van der Waals surface area contributed by atoms with Crippen LogP contribution in [-0.2, 0) is 16.6 Å². The fraction of sp³-hybridized carbons (Fsp3) is 0.636. The Balaban J connectivity index is 2.18. The summed E-state index contributed by atoms with van der Waals surface area (Å²) in [4.78, 5) is 1.05. The number of rotatable bonds is 5. The van der Waals surface area contributed by atoms with Gasteiger partial charge < -0.3 is 5.32 Å². The molecule has 0 bridgehead atoms. The highest BCUT2D eigenvalue weighted by Gasteiger charge is 2.31. The van der Waals surface area contributed by atoms with Gasteiger partial charge in [-0.25, -0.2) is 8.42 Å². The molecular weight excluding hydrogens is 288 g/mol. The largest absolute Gasteiger partial charge is 0.315 e. The van der Waals surface area contributed by atoms with Crippen molar-refractivity contribution in [1.82, 2.24) is 9.62 Å². The van der Waals surface area contributed by atoms with Gasteiger partial charge in [0.15, 0.2) is 0 Å². The van der Waals surface area contributed by atoms with E-state index in [9.17, 15) is 8.42 Å². The molecule has 18 heavy (non-hydrogen) atoms. The first-order chi connectivity index (χ1) is 8.55. The Morgan fingerprint density at radius 3 is 2.89 bits per heavy atom. The zero-order valence-electron chi connectivity index (χ0n) is 10.5. The molecule has 1 N–H and O–H groups in total. The van der Waals surface area contributed by atoms with Crippen molar-refractivity contribution in [2.75, 3.05) is 25.6 Å². The van der Waals surface area contributed by atoms with Crippen LogP contribution in [0.15, 0.2) is 16.3 Å². The van der Waals surface area contributed by atoms with Crippen molar-refractivity contribution in [2.24, 2.45) is 0 Å². The lowest BCUT2D eigenvalue weighted by atomic mass is 10.3. The molecule has 1 aromatic rings. The Kier molecular flexibility index (Phi) is 4.71. The molecule has 1 saturated heterocycles. The topological polar surface area (TPSA) is 49.4 Å². The van der Waals surface area contributed by atoms with E-state index >= 15 is 0 Å². The molecule has 1 fully saturated rings. The van der Waals surface area contributed by atoms with Crippen molar-refractivity contribution in [1.29, 1.82) is 0 Å². The van der Waals surface area contributed by atoms with Gasteiger partial charge in [0.05, 0.1) is 0 Å². The van der Waals surface area contributed by atoms with Crippen LogP contribution in [-0.4, -0.2) is 44.4 Å². The summed E-state index contributed by atoms with van der Waals surface area (Å²) in [6, 6.07) is 3.74. The van der Waals surface area contributed by atoms with E-state index < -0.39 is 10.0 Å². The molecule has 1 atom stereocenters. The standard InChI is InChI=1S/C11H18N2O2S3/c1-12-7-10-3-4-11(17-10)18(14,15)13(2)9-5-6-16-8-9/h3-4,9,12H,5-8H2,1-2H3. The maximum absolute atomic E-state index is 12.4. The predicted octanol–water partition coefficient (Wildman–Crippen LogP) is 1.59. The lowest BCUT2D eigenvalue weighted by molar-refractivity contribution is 0.396. The first-order valence-corrected chi connectivity index (χ1v) is 9.26. The lowest BCUT2D eigenvalue weighted by Crippen LogP contribution is -2.36. The van der Waals surface area contributed by atoms with Crippen LogP contribution < -0.4 is 5.32 Å². The molecule has 1 unspecified atom stereocenters. The van der Waals surface area contributed by atoms with Crippen molar-refractivity contribution in [3.63, 3.8) is 0 Å². The lowest BCUT2D eigenvalue weighted by Gasteiger charge is -2.22. The molecule has 7 heteroatoms. The Labute approximate surface area is 117 Å². The average molecular weight is 306 g/mol. The number of hydrogen-bond acceptors (Lipinski definition) is 5. The Hall–Kier alpha value is -0.0800. The van der Waals surface area contributed by atoms with Crippen molar-refractivity contribution in [2.45, 2.75) is 23.2 Å². The molecule has 0 saturated carbocycles. The highest BCUT2D eigenvalue weighted by molar-refractivity contribution is 7.99. The van der Waals surface area contributed by atoms with Crippen molar-refractivity contribution in [3.8, 4) is 0 Å². The summed E-state index contributed by atoms with van der Waals surface area (Å²) < 4.78 is 26.9. The number of thioether (sulfide) groups is 1. The molecule has 0 aliphatic carbocycles. The Morgan fingerprint density at radius 1 is 1.50 bits per heavy atom. The molecule has 1 aliphatic rings. The molecule has 1 aromatic heterocycles. The maximum atomic E-state index is 12.4. The first kappa shape index (κ1) is 14.3. The highest BCUT2D eigenvalue weighted by Crippen LogP contribution is 2.29. The van der Waals surface area contributed by atoms with Gasteiger partial charge in [-0.2, -0.15) is 16.1 Å². The second kappa shape index (κ2) is 5.92. The fourth-order valence-corrected chi connectivity index (χ4v) is 6.21. The van der Waals surface area contributed by atoms with E-state index in [0.29, 0.717) is 10.8 Å². The van der Waals surface area contributed by atoms with Crippen molar-refractivity contribution < 1.29 is 8.42 Å². The molecule has 102 valence electrons. The number of nitrogens with one attached hydrogen (secondary N) is 1. The summed E-state index contributed by atoms with van der Waals surface area (Å²) in [5.41, 5.74) is 0. The summed E-state index contributed by atoms with van der Waals surface area (Å²) >= 11 is 3.18. The minimum absolute atomic E-state index is 0.148. The minimum atomic E-state index is -3.31. The zero-order valence-corrected chi connectivity index (χ0v) is 13.0. The van der Waals surface area contributed by atoms with Gasteiger partial charge in [0.1, 0.15) is 4.21 Å². The summed E-state index contributed by atoms with van der Waals surface area (Å²) in [6.45, 7) is 0.711. The van der Waals surface area contributed by atoms with E-state index in [1.807, 2.05) is 24.9 Å². The van der Waals surface area contributed by atoms with Gasteiger partial charge in [0.25, 0.3) is 10.0 Å². The van der Waals surface area contributed by atoms with Crippen LogP contribution in [0.5, 0.6) is 0 Å². The van der Waals surface area contributed by atoms with Gasteiger partial charge >= 0.3 is 0 Å². The first-order valence-electron chi connectivity index (χ1n) is 5.85. The Morgan fingerprint density at radius 2 is 2.28 bits per heavy atom. The molecule has 0 radical (unpaired) electrons. The third-order valence-electron chi connectivity index (χ3n) is 3.04. The molecule has 2 heterocycles. The van der Waals surface area contributed by atoms with E-state index in [1.165, 1.54) is 11.3 Å². The summed E-state index contributed by atoms with van der Waals surface area (Å²) in [5, 5.41) is 3.03. The van der Waals surface area contributed by atoms with Gasteiger partial charge in [-0.1, -0.05) is 0 Å². The number of nitrogens with zero attached hydrogens (tertiary/aromatic N) is 1. The SMILES string of the molecule is CNCc1ccc(S(=O)(=O)N(C)C2CCSC2)s1. The van der Waals surface area contributed by atoms with E-state index in [4.69, 9.17) is 0 Å². The van der Waals surface area contributed by atoms with Crippen LogP contribution >= 0.6 is 23.1 Å². The Bertz CT molecular complexity index is 492. The van der Waals surface area contributed by atoms with Gasteiger partial charge in [0.2, 0.25) is 0 Å². The predicted molar refractivity (Wildman–Crippen MR) is 77.8 cm³/mol. The van der Waals surface area contributed by atoms with Crippen LogP contribution in [0.1, 0.15) is 11.3 Å². The molecule has 0 spiro atoms. The number of sulfonamides is 1. The maximum Gasteiger partial charge on any atom is 0.252 e. The molecular formula is C11H18N2O2S3. The quantitative estimate of drug-likeness (QED) is 0.897. The fourth-order valence-electron chi connectivity index (χ4n) is 1.91. The van der Waals surface area contributed by atoms with Gasteiger partial charge in [-0.05, 0) is 31.4 Å². The molecule has 1 aliphatic heterocycles. The minimum Gasteiger partial charge on any atom is -0.315 e. The third kappa shape index (κ3) is 2.91. The molecule has 0 amide bonds. The van der Waals surface area contributed by atoms with Crippen molar-refractivity contribution >= 4 is 33.1 Å². The third-order valence-corrected chi connectivity index (χ3v) is 7.65. The van der Waals surface area contributed by atoms with E-state index in [-0.39, 0.29) is 6.04 Å². The summed E-state index contributed by atoms with van der Waals surface area (Å²) in [5.74, 6) is 1.96. The van der Waals surface area contributed by atoms with Crippen LogP contribution in [0.25, 0.3) is 0 Å². The van der Waals surface area contributed by atoms with Crippen LogP contribution in [0.4, 0.5) is 0 Å². The van der Waals surface area contributed by atoms with E-state index in [1.54, 1.807) is 17.4 Å². The highest BCUT2D eigenvalue weighted by atomic mass is 32.2. The summed E-state index contributed by atoms with van der Waals surface area (Å²) in [6.07, 6.45) is 0.954. The second-order valence-corrected chi connectivity index (χ2v) is 8.83. The van der Waals surface area contributed by atoms with Crippen LogP contribution in [0.2, 0.25) is 0 Å². The van der Waals surface area contributed by atoms with Gasteiger partial charge in [-0.15, -0.1) is 11.3 Å². The molecule has 2 rings (SSSR count).